The van der Waals surface area contributed by atoms with Crippen molar-refractivity contribution < 1.29 is 14.3 Å². The summed E-state index contributed by atoms with van der Waals surface area (Å²) in [6.07, 6.45) is 2.43. The van der Waals surface area contributed by atoms with Gasteiger partial charge in [-0.05, 0) is 63.0 Å². The number of piperazine rings is 1. The fourth-order valence-electron chi connectivity index (χ4n) is 4.80. The maximum atomic E-state index is 12.7. The van der Waals surface area contributed by atoms with Crippen LogP contribution in [-0.4, -0.2) is 62.1 Å². The number of piperidine rings is 1. The number of amides is 1. The van der Waals surface area contributed by atoms with Crippen LogP contribution >= 0.6 is 24.8 Å². The zero-order valence-corrected chi connectivity index (χ0v) is 18.7. The van der Waals surface area contributed by atoms with E-state index < -0.39 is 0 Å². The molecule has 162 valence electrons. The summed E-state index contributed by atoms with van der Waals surface area (Å²) in [7, 11) is 0. The van der Waals surface area contributed by atoms with Gasteiger partial charge in [0.2, 0.25) is 5.91 Å². The highest BCUT2D eigenvalue weighted by Gasteiger charge is 2.49. The highest BCUT2D eigenvalue weighted by molar-refractivity contribution is 5.95. The van der Waals surface area contributed by atoms with Crippen molar-refractivity contribution in [1.29, 1.82) is 0 Å². The predicted molar refractivity (Wildman–Crippen MR) is 118 cm³/mol. The molecule has 1 atom stereocenters. The molecule has 3 saturated heterocycles. The van der Waals surface area contributed by atoms with Crippen molar-refractivity contribution in [2.24, 2.45) is 5.41 Å². The molecule has 1 aromatic rings. The van der Waals surface area contributed by atoms with Crippen LogP contribution in [0.4, 0.5) is 5.69 Å². The van der Waals surface area contributed by atoms with E-state index in [0.717, 1.165) is 44.6 Å². The Balaban J connectivity index is 0.00000150. The molecule has 4 rings (SSSR count). The van der Waals surface area contributed by atoms with E-state index in [4.69, 9.17) is 4.74 Å². The average molecular weight is 444 g/mol. The van der Waals surface area contributed by atoms with E-state index in [1.165, 1.54) is 11.1 Å². The summed E-state index contributed by atoms with van der Waals surface area (Å²) in [6, 6.07) is 6.26. The van der Waals surface area contributed by atoms with E-state index in [1.807, 2.05) is 4.90 Å². The summed E-state index contributed by atoms with van der Waals surface area (Å²) in [4.78, 5) is 29.2. The lowest BCUT2D eigenvalue weighted by Gasteiger charge is -2.35. The SMILES string of the molecule is Cc1cc(C)cc(N2CCN(CC3CC4(CCNCC4)C(=O)O3)CC2=O)c1.Cl.Cl. The Bertz CT molecular complexity index is 732. The second-order valence-electron chi connectivity index (χ2n) is 8.39. The molecule has 1 amide bonds. The highest BCUT2D eigenvalue weighted by atomic mass is 35.5. The third-order valence-corrected chi connectivity index (χ3v) is 6.17. The molecule has 3 heterocycles. The number of carbonyl (C=O) groups is 2. The highest BCUT2D eigenvalue weighted by Crippen LogP contribution is 2.41. The Hall–Kier alpha value is -1.34. The van der Waals surface area contributed by atoms with E-state index in [9.17, 15) is 9.59 Å². The molecule has 1 N–H and O–H groups in total. The molecule has 3 aliphatic heterocycles. The van der Waals surface area contributed by atoms with E-state index in [1.54, 1.807) is 0 Å². The molecular weight excluding hydrogens is 413 g/mol. The Morgan fingerprint density at radius 1 is 1.07 bits per heavy atom. The zero-order valence-electron chi connectivity index (χ0n) is 17.1. The van der Waals surface area contributed by atoms with Gasteiger partial charge in [0.15, 0.2) is 0 Å². The van der Waals surface area contributed by atoms with Gasteiger partial charge in [-0.15, -0.1) is 24.8 Å². The van der Waals surface area contributed by atoms with Crippen LogP contribution in [0.15, 0.2) is 18.2 Å². The Morgan fingerprint density at radius 2 is 1.72 bits per heavy atom. The first-order chi connectivity index (χ1) is 12.9. The lowest BCUT2D eigenvalue weighted by Crippen LogP contribution is -2.52. The first-order valence-corrected chi connectivity index (χ1v) is 9.98. The Kier molecular flexibility index (Phi) is 7.96. The lowest BCUT2D eigenvalue weighted by atomic mass is 9.76. The molecule has 0 aliphatic carbocycles. The third-order valence-electron chi connectivity index (χ3n) is 6.17. The minimum atomic E-state index is -0.291. The minimum Gasteiger partial charge on any atom is -0.461 e. The molecule has 1 spiro atoms. The van der Waals surface area contributed by atoms with E-state index in [0.29, 0.717) is 19.6 Å². The van der Waals surface area contributed by atoms with Gasteiger partial charge < -0.3 is 15.0 Å². The summed E-state index contributed by atoms with van der Waals surface area (Å²) in [6.45, 7) is 8.41. The third kappa shape index (κ3) is 5.05. The fraction of sp³-hybridized carbons (Fsp3) is 0.619. The molecular formula is C21H31Cl2N3O3. The van der Waals surface area contributed by atoms with Gasteiger partial charge >= 0.3 is 5.97 Å². The van der Waals surface area contributed by atoms with Crippen molar-refractivity contribution in [1.82, 2.24) is 10.2 Å². The number of hydrogen-bond donors (Lipinski definition) is 1. The van der Waals surface area contributed by atoms with Crippen LogP contribution in [0.2, 0.25) is 0 Å². The molecule has 6 nitrogen and oxygen atoms in total. The van der Waals surface area contributed by atoms with Crippen molar-refractivity contribution >= 4 is 42.4 Å². The maximum Gasteiger partial charge on any atom is 0.312 e. The standard InChI is InChI=1S/C21H29N3O3.2ClH/c1-15-9-16(2)11-17(10-15)24-8-7-23(14-19(24)25)13-18-12-21(20(26)27-18)3-5-22-6-4-21;;/h9-11,18,22H,3-8,12-14H2,1-2H3;2*1H. The minimum absolute atomic E-state index is 0. The molecule has 1 aromatic carbocycles. The number of esters is 1. The summed E-state index contributed by atoms with van der Waals surface area (Å²) in [5.41, 5.74) is 3.04. The van der Waals surface area contributed by atoms with Gasteiger partial charge in [-0.25, -0.2) is 0 Å². The quantitative estimate of drug-likeness (QED) is 0.726. The summed E-state index contributed by atoms with van der Waals surface area (Å²) in [5, 5.41) is 3.32. The zero-order chi connectivity index (χ0) is 19.0. The number of carbonyl (C=O) groups excluding carboxylic acids is 2. The summed E-state index contributed by atoms with van der Waals surface area (Å²) >= 11 is 0. The molecule has 3 aliphatic rings. The molecule has 0 bridgehead atoms. The van der Waals surface area contributed by atoms with Gasteiger partial charge in [0.1, 0.15) is 6.10 Å². The average Bonchev–Trinajstić information content (AvgIpc) is 2.89. The van der Waals surface area contributed by atoms with Gasteiger partial charge in [-0.2, -0.15) is 0 Å². The normalized spacial score (nSPS) is 24.1. The van der Waals surface area contributed by atoms with Crippen LogP contribution in [0.25, 0.3) is 0 Å². The fourth-order valence-corrected chi connectivity index (χ4v) is 4.80. The smallest absolute Gasteiger partial charge is 0.312 e. The van der Waals surface area contributed by atoms with Gasteiger partial charge in [0.05, 0.1) is 12.0 Å². The molecule has 29 heavy (non-hydrogen) atoms. The first-order valence-electron chi connectivity index (χ1n) is 9.98. The van der Waals surface area contributed by atoms with Crippen molar-refractivity contribution in [3.63, 3.8) is 0 Å². The Labute approximate surface area is 185 Å². The second kappa shape index (κ2) is 9.65. The second-order valence-corrected chi connectivity index (χ2v) is 8.39. The number of cyclic esters (lactones) is 1. The number of ether oxygens (including phenoxy) is 1. The number of aryl methyl sites for hydroxylation is 2. The van der Waals surface area contributed by atoms with Crippen LogP contribution in [0, 0.1) is 19.3 Å². The van der Waals surface area contributed by atoms with Crippen LogP contribution in [0.3, 0.4) is 0 Å². The molecule has 0 aromatic heterocycles. The lowest BCUT2D eigenvalue weighted by molar-refractivity contribution is -0.150. The molecule has 3 fully saturated rings. The van der Waals surface area contributed by atoms with Crippen LogP contribution in [0.5, 0.6) is 0 Å². The number of nitrogens with zero attached hydrogens (tertiary/aromatic N) is 2. The number of rotatable bonds is 3. The molecule has 0 radical (unpaired) electrons. The molecule has 8 heteroatoms. The molecule has 1 unspecified atom stereocenters. The number of benzene rings is 1. The summed E-state index contributed by atoms with van der Waals surface area (Å²) in [5.74, 6) is 0.0846. The number of hydrogen-bond acceptors (Lipinski definition) is 5. The van der Waals surface area contributed by atoms with E-state index >= 15 is 0 Å². The van der Waals surface area contributed by atoms with Crippen molar-refractivity contribution in [3.05, 3.63) is 29.3 Å². The predicted octanol–water partition coefficient (Wildman–Crippen LogP) is 2.48. The maximum absolute atomic E-state index is 12.7. The largest absolute Gasteiger partial charge is 0.461 e. The van der Waals surface area contributed by atoms with Crippen molar-refractivity contribution in [3.8, 4) is 0 Å². The van der Waals surface area contributed by atoms with Gasteiger partial charge in [-0.3, -0.25) is 14.5 Å². The first kappa shape index (κ1) is 23.9. The molecule has 0 saturated carbocycles. The van der Waals surface area contributed by atoms with E-state index in [2.05, 4.69) is 42.3 Å². The number of nitrogens with one attached hydrogen (secondary N) is 1. The summed E-state index contributed by atoms with van der Waals surface area (Å²) < 4.78 is 5.70. The monoisotopic (exact) mass is 443 g/mol. The van der Waals surface area contributed by atoms with Crippen LogP contribution < -0.4 is 10.2 Å². The topological polar surface area (TPSA) is 61.9 Å². The van der Waals surface area contributed by atoms with Gasteiger partial charge in [0, 0.05) is 31.7 Å². The number of anilines is 1. The van der Waals surface area contributed by atoms with Crippen LogP contribution in [-0.2, 0) is 14.3 Å². The van der Waals surface area contributed by atoms with Crippen molar-refractivity contribution in [2.45, 2.75) is 39.2 Å². The van der Waals surface area contributed by atoms with Gasteiger partial charge in [0.25, 0.3) is 0 Å². The van der Waals surface area contributed by atoms with Crippen molar-refractivity contribution in [2.75, 3.05) is 44.2 Å². The Morgan fingerprint density at radius 3 is 2.34 bits per heavy atom. The number of halogens is 2. The van der Waals surface area contributed by atoms with E-state index in [-0.39, 0.29) is 48.2 Å². The van der Waals surface area contributed by atoms with Gasteiger partial charge in [-0.1, -0.05) is 6.07 Å². The van der Waals surface area contributed by atoms with Crippen LogP contribution in [0.1, 0.15) is 30.4 Å².